The predicted molar refractivity (Wildman–Crippen MR) is 96.0 cm³/mol. The van der Waals surface area contributed by atoms with Crippen molar-refractivity contribution in [3.63, 3.8) is 0 Å². The molecule has 0 radical (unpaired) electrons. The van der Waals surface area contributed by atoms with Gasteiger partial charge in [0, 0.05) is 70.6 Å². The largest absolute Gasteiger partial charge is 0.396 e. The van der Waals surface area contributed by atoms with Crippen molar-refractivity contribution in [1.82, 2.24) is 24.5 Å². The molecule has 0 spiro atoms. The van der Waals surface area contributed by atoms with E-state index in [0.717, 1.165) is 39.3 Å². The standard InChI is InChI=1S/C18H31N5O2/c1-20-6-3-7-21(11-10-20)12-16-13-22(14-17(16)15-24)18(25)4-9-23-8-2-5-19-23/h2,5,8,16-17,24H,3-4,6-7,9-15H2,1H3/t16-,17-/m1/s1. The fourth-order valence-corrected chi connectivity index (χ4v) is 3.97. The Morgan fingerprint density at radius 2 is 2.04 bits per heavy atom. The van der Waals surface area contributed by atoms with E-state index in [1.807, 2.05) is 17.2 Å². The SMILES string of the molecule is CN1CCCN(C[C@@H]2CN(C(=O)CCn3cccn3)C[C@@H]2CO)CC1. The van der Waals surface area contributed by atoms with Crippen molar-refractivity contribution in [2.75, 3.05) is 59.5 Å². The van der Waals surface area contributed by atoms with Crippen LogP contribution in [0.15, 0.2) is 18.5 Å². The Hall–Kier alpha value is -1.44. The van der Waals surface area contributed by atoms with E-state index in [2.05, 4.69) is 21.9 Å². The van der Waals surface area contributed by atoms with E-state index in [-0.39, 0.29) is 18.4 Å². The van der Waals surface area contributed by atoms with Gasteiger partial charge in [0.1, 0.15) is 0 Å². The average Bonchev–Trinajstić information content (AvgIpc) is 3.22. The average molecular weight is 349 g/mol. The second-order valence-corrected chi connectivity index (χ2v) is 7.48. The van der Waals surface area contributed by atoms with E-state index in [1.165, 1.54) is 6.42 Å². The van der Waals surface area contributed by atoms with Crippen LogP contribution in [0.25, 0.3) is 0 Å². The van der Waals surface area contributed by atoms with Crippen LogP contribution in [0.5, 0.6) is 0 Å². The number of rotatable bonds is 6. The number of aryl methyl sites for hydroxylation is 1. The fraction of sp³-hybridized carbons (Fsp3) is 0.778. The summed E-state index contributed by atoms with van der Waals surface area (Å²) in [6.07, 6.45) is 5.28. The van der Waals surface area contributed by atoms with Gasteiger partial charge in [0.15, 0.2) is 0 Å². The third-order valence-electron chi connectivity index (χ3n) is 5.58. The number of hydrogen-bond acceptors (Lipinski definition) is 5. The van der Waals surface area contributed by atoms with E-state index < -0.39 is 0 Å². The zero-order valence-corrected chi connectivity index (χ0v) is 15.3. The van der Waals surface area contributed by atoms with E-state index in [9.17, 15) is 9.90 Å². The maximum Gasteiger partial charge on any atom is 0.224 e. The highest BCUT2D eigenvalue weighted by molar-refractivity contribution is 5.76. The first-order valence-corrected chi connectivity index (χ1v) is 9.42. The molecule has 0 saturated carbocycles. The molecular formula is C18H31N5O2. The topological polar surface area (TPSA) is 64.8 Å². The smallest absolute Gasteiger partial charge is 0.224 e. The van der Waals surface area contributed by atoms with E-state index in [1.54, 1.807) is 10.9 Å². The summed E-state index contributed by atoms with van der Waals surface area (Å²) in [5.74, 6) is 0.753. The molecule has 3 rings (SSSR count). The summed E-state index contributed by atoms with van der Waals surface area (Å²) in [6, 6.07) is 1.87. The molecule has 2 saturated heterocycles. The number of likely N-dealkylation sites (N-methyl/N-ethyl adjacent to an activating group) is 1. The number of aromatic nitrogens is 2. The first-order valence-electron chi connectivity index (χ1n) is 9.42. The number of likely N-dealkylation sites (tertiary alicyclic amines) is 1. The molecule has 1 aromatic rings. The molecule has 2 aliphatic rings. The molecule has 1 aromatic heterocycles. The summed E-state index contributed by atoms with van der Waals surface area (Å²) in [7, 11) is 2.18. The first kappa shape index (κ1) is 18.4. The van der Waals surface area contributed by atoms with Gasteiger partial charge in [-0.25, -0.2) is 0 Å². The lowest BCUT2D eigenvalue weighted by atomic mass is 9.96. The maximum absolute atomic E-state index is 12.5. The molecule has 0 aliphatic carbocycles. The van der Waals surface area contributed by atoms with Crippen LogP contribution in [0.2, 0.25) is 0 Å². The fourth-order valence-electron chi connectivity index (χ4n) is 3.97. The van der Waals surface area contributed by atoms with Crippen molar-refractivity contribution in [1.29, 1.82) is 0 Å². The van der Waals surface area contributed by atoms with E-state index in [4.69, 9.17) is 0 Å². The predicted octanol–water partition coefficient (Wildman–Crippen LogP) is -0.0224. The van der Waals surface area contributed by atoms with Crippen LogP contribution in [0.4, 0.5) is 0 Å². The number of carbonyl (C=O) groups is 1. The summed E-state index contributed by atoms with van der Waals surface area (Å²) in [5.41, 5.74) is 0. The van der Waals surface area contributed by atoms with Gasteiger partial charge in [-0.1, -0.05) is 0 Å². The van der Waals surface area contributed by atoms with Gasteiger partial charge in [0.05, 0.1) is 0 Å². The van der Waals surface area contributed by atoms with Crippen molar-refractivity contribution >= 4 is 5.91 Å². The monoisotopic (exact) mass is 349 g/mol. The molecule has 1 N–H and O–H groups in total. The molecule has 2 aliphatic heterocycles. The molecule has 2 atom stereocenters. The van der Waals surface area contributed by atoms with Gasteiger partial charge in [0.2, 0.25) is 5.91 Å². The number of amides is 1. The summed E-state index contributed by atoms with van der Waals surface area (Å²) in [6.45, 7) is 7.69. The van der Waals surface area contributed by atoms with Crippen LogP contribution in [0, 0.1) is 11.8 Å². The van der Waals surface area contributed by atoms with Crippen molar-refractivity contribution in [2.45, 2.75) is 19.4 Å². The molecule has 3 heterocycles. The van der Waals surface area contributed by atoms with Gasteiger partial charge in [-0.2, -0.15) is 5.10 Å². The Labute approximate surface area is 150 Å². The summed E-state index contributed by atoms with van der Waals surface area (Å²) in [5, 5.41) is 13.9. The number of aliphatic hydroxyl groups is 1. The third kappa shape index (κ3) is 5.03. The Kier molecular flexibility index (Phi) is 6.45. The first-order chi connectivity index (χ1) is 12.2. The highest BCUT2D eigenvalue weighted by Gasteiger charge is 2.35. The van der Waals surface area contributed by atoms with Gasteiger partial charge in [-0.15, -0.1) is 0 Å². The van der Waals surface area contributed by atoms with Gasteiger partial charge in [-0.3, -0.25) is 9.48 Å². The highest BCUT2D eigenvalue weighted by atomic mass is 16.3. The lowest BCUT2D eigenvalue weighted by Gasteiger charge is -2.26. The molecule has 140 valence electrons. The summed E-state index contributed by atoms with van der Waals surface area (Å²) in [4.78, 5) is 19.4. The molecule has 7 nitrogen and oxygen atoms in total. The molecule has 7 heteroatoms. The molecular weight excluding hydrogens is 318 g/mol. The summed E-state index contributed by atoms with van der Waals surface area (Å²) >= 11 is 0. The van der Waals surface area contributed by atoms with Crippen molar-refractivity contribution in [2.24, 2.45) is 11.8 Å². The van der Waals surface area contributed by atoms with Crippen LogP contribution in [0.1, 0.15) is 12.8 Å². The van der Waals surface area contributed by atoms with Crippen LogP contribution >= 0.6 is 0 Å². The number of nitrogens with zero attached hydrogens (tertiary/aromatic N) is 5. The maximum atomic E-state index is 12.5. The van der Waals surface area contributed by atoms with Gasteiger partial charge >= 0.3 is 0 Å². The molecule has 0 unspecified atom stereocenters. The number of aliphatic hydroxyl groups excluding tert-OH is 1. The zero-order chi connectivity index (χ0) is 17.6. The Morgan fingerprint density at radius 3 is 2.80 bits per heavy atom. The Morgan fingerprint density at radius 1 is 1.20 bits per heavy atom. The van der Waals surface area contributed by atoms with Gasteiger partial charge in [0.25, 0.3) is 0 Å². The van der Waals surface area contributed by atoms with Gasteiger partial charge < -0.3 is 19.8 Å². The molecule has 25 heavy (non-hydrogen) atoms. The minimum absolute atomic E-state index is 0.168. The molecule has 0 aromatic carbocycles. The second kappa shape index (κ2) is 8.78. The van der Waals surface area contributed by atoms with Crippen LogP contribution in [-0.2, 0) is 11.3 Å². The second-order valence-electron chi connectivity index (χ2n) is 7.48. The minimum Gasteiger partial charge on any atom is -0.396 e. The van der Waals surface area contributed by atoms with Crippen molar-refractivity contribution in [3.05, 3.63) is 18.5 Å². The Bertz CT molecular complexity index is 536. The van der Waals surface area contributed by atoms with E-state index in [0.29, 0.717) is 25.4 Å². The lowest BCUT2D eigenvalue weighted by molar-refractivity contribution is -0.130. The zero-order valence-electron chi connectivity index (χ0n) is 15.3. The molecule has 2 fully saturated rings. The number of carbonyl (C=O) groups excluding carboxylic acids is 1. The number of hydrogen-bond donors (Lipinski definition) is 1. The molecule has 0 bridgehead atoms. The van der Waals surface area contributed by atoms with Gasteiger partial charge in [-0.05, 0) is 38.5 Å². The quantitative estimate of drug-likeness (QED) is 0.782. The van der Waals surface area contributed by atoms with Crippen LogP contribution < -0.4 is 0 Å². The summed E-state index contributed by atoms with van der Waals surface area (Å²) < 4.78 is 1.79. The normalized spacial score (nSPS) is 26.1. The van der Waals surface area contributed by atoms with Crippen molar-refractivity contribution < 1.29 is 9.90 Å². The third-order valence-corrected chi connectivity index (χ3v) is 5.58. The van der Waals surface area contributed by atoms with Crippen LogP contribution in [0.3, 0.4) is 0 Å². The lowest BCUT2D eigenvalue weighted by Crippen LogP contribution is -2.36. The molecule has 1 amide bonds. The van der Waals surface area contributed by atoms with Crippen molar-refractivity contribution in [3.8, 4) is 0 Å². The van der Waals surface area contributed by atoms with E-state index >= 15 is 0 Å². The minimum atomic E-state index is 0.168. The Balaban J connectivity index is 1.50. The highest BCUT2D eigenvalue weighted by Crippen LogP contribution is 2.25. The van der Waals surface area contributed by atoms with Crippen LogP contribution in [-0.4, -0.2) is 95.0 Å².